The molecular weight excluding hydrogens is 448 g/mol. The number of carbonyl (C=O) groups excluding carboxylic acids is 1. The summed E-state index contributed by atoms with van der Waals surface area (Å²) in [7, 11) is 1.68. The van der Waals surface area contributed by atoms with E-state index in [2.05, 4.69) is 35.5 Å². The van der Waals surface area contributed by atoms with E-state index in [0.29, 0.717) is 53.0 Å². The summed E-state index contributed by atoms with van der Waals surface area (Å²) in [5, 5.41) is 23.0. The van der Waals surface area contributed by atoms with Crippen LogP contribution >= 0.6 is 0 Å². The number of rotatable bonds is 5. The van der Waals surface area contributed by atoms with Crippen LogP contribution in [0, 0.1) is 0 Å². The molecule has 6 rings (SSSR count). The van der Waals surface area contributed by atoms with Crippen LogP contribution in [0.15, 0.2) is 67.5 Å². The molecule has 1 unspecified atom stereocenters. The number of nitrogens with zero attached hydrogens (tertiary/aromatic N) is 9. The summed E-state index contributed by atoms with van der Waals surface area (Å²) in [5.74, 6) is 0.592. The lowest BCUT2D eigenvalue weighted by molar-refractivity contribution is -0.143. The molecule has 1 saturated heterocycles. The molecule has 1 fully saturated rings. The fraction of sp³-hybridized carbons (Fsp3) is 0.174. The lowest BCUT2D eigenvalue weighted by Crippen LogP contribution is -2.36. The number of likely N-dealkylation sites (tertiary alicyclic amines) is 1. The Bertz CT molecular complexity index is 1560. The van der Waals surface area contributed by atoms with Crippen molar-refractivity contribution in [3.05, 3.63) is 73.1 Å². The fourth-order valence-corrected chi connectivity index (χ4v) is 4.11. The number of likely N-dealkylation sites (N-methyl/N-ethyl adjacent to an activating group) is 1. The molecular formula is C23H20N10O2. The molecule has 0 spiro atoms. The van der Waals surface area contributed by atoms with Crippen molar-refractivity contribution in [1.82, 2.24) is 44.2 Å². The van der Waals surface area contributed by atoms with Crippen molar-refractivity contribution in [2.75, 3.05) is 18.9 Å². The fourth-order valence-electron chi connectivity index (χ4n) is 4.11. The number of aliphatic hydroxyl groups is 1. The summed E-state index contributed by atoms with van der Waals surface area (Å²) in [6.45, 7) is 0.497. The summed E-state index contributed by atoms with van der Waals surface area (Å²) in [6, 6.07) is 8.69. The molecule has 0 saturated carbocycles. The van der Waals surface area contributed by atoms with Gasteiger partial charge in [0.25, 0.3) is 5.91 Å². The SMILES string of the molecule is CN1CCC(O)(c2ccnc(-c3ccn(-c4ccnc(Nc5cnn6cccnc56)n4)n3)c2)C1=O. The molecule has 0 radical (unpaired) electrons. The lowest BCUT2D eigenvalue weighted by Gasteiger charge is -2.21. The van der Waals surface area contributed by atoms with Crippen molar-refractivity contribution in [3.63, 3.8) is 0 Å². The second kappa shape index (κ2) is 7.95. The zero-order chi connectivity index (χ0) is 24.0. The predicted octanol–water partition coefficient (Wildman–Crippen LogP) is 1.56. The summed E-state index contributed by atoms with van der Waals surface area (Å²) in [4.78, 5) is 31.6. The van der Waals surface area contributed by atoms with Gasteiger partial charge < -0.3 is 15.3 Å². The van der Waals surface area contributed by atoms with Crippen molar-refractivity contribution < 1.29 is 9.90 Å². The molecule has 12 nitrogen and oxygen atoms in total. The number of carbonyl (C=O) groups is 1. The summed E-state index contributed by atoms with van der Waals surface area (Å²) < 4.78 is 3.26. The Morgan fingerprint density at radius 2 is 1.94 bits per heavy atom. The van der Waals surface area contributed by atoms with Gasteiger partial charge in [0, 0.05) is 57.1 Å². The molecule has 35 heavy (non-hydrogen) atoms. The maximum Gasteiger partial charge on any atom is 0.258 e. The molecule has 0 aromatic carbocycles. The van der Waals surface area contributed by atoms with Gasteiger partial charge in [0.1, 0.15) is 11.4 Å². The van der Waals surface area contributed by atoms with Gasteiger partial charge in [-0.15, -0.1) is 0 Å². The zero-order valence-corrected chi connectivity index (χ0v) is 18.6. The van der Waals surface area contributed by atoms with Crippen LogP contribution in [0.1, 0.15) is 12.0 Å². The van der Waals surface area contributed by atoms with E-state index in [1.165, 1.54) is 4.90 Å². The van der Waals surface area contributed by atoms with Crippen molar-refractivity contribution in [1.29, 1.82) is 0 Å². The maximum absolute atomic E-state index is 12.5. The van der Waals surface area contributed by atoms with E-state index in [0.717, 1.165) is 0 Å². The molecule has 1 amide bonds. The number of hydrogen-bond donors (Lipinski definition) is 2. The van der Waals surface area contributed by atoms with Gasteiger partial charge in [-0.25, -0.2) is 19.2 Å². The van der Waals surface area contributed by atoms with Gasteiger partial charge >= 0.3 is 0 Å². The minimum absolute atomic E-state index is 0.317. The first-order valence-electron chi connectivity index (χ1n) is 10.9. The highest BCUT2D eigenvalue weighted by molar-refractivity contribution is 5.88. The van der Waals surface area contributed by atoms with Crippen LogP contribution in [0.4, 0.5) is 11.6 Å². The highest BCUT2D eigenvalue weighted by Crippen LogP contribution is 2.33. The largest absolute Gasteiger partial charge is 0.375 e. The Morgan fingerprint density at radius 1 is 1.06 bits per heavy atom. The van der Waals surface area contributed by atoms with E-state index in [9.17, 15) is 9.90 Å². The van der Waals surface area contributed by atoms with Crippen LogP contribution in [0.2, 0.25) is 0 Å². The van der Waals surface area contributed by atoms with Gasteiger partial charge in [-0.3, -0.25) is 9.78 Å². The second-order valence-corrected chi connectivity index (χ2v) is 8.22. The molecule has 0 aliphatic carbocycles. The van der Waals surface area contributed by atoms with Gasteiger partial charge in [-0.05, 0) is 29.8 Å². The normalized spacial score (nSPS) is 17.9. The number of anilines is 2. The Kier molecular flexibility index (Phi) is 4.74. The van der Waals surface area contributed by atoms with Gasteiger partial charge in [-0.2, -0.15) is 15.2 Å². The highest BCUT2D eigenvalue weighted by Gasteiger charge is 2.45. The first-order chi connectivity index (χ1) is 17.0. The molecule has 12 heteroatoms. The summed E-state index contributed by atoms with van der Waals surface area (Å²) >= 11 is 0. The van der Waals surface area contributed by atoms with Crippen molar-refractivity contribution >= 4 is 23.2 Å². The van der Waals surface area contributed by atoms with E-state index in [1.807, 2.05) is 0 Å². The van der Waals surface area contributed by atoms with Gasteiger partial charge in [0.15, 0.2) is 17.1 Å². The maximum atomic E-state index is 12.5. The van der Waals surface area contributed by atoms with Crippen molar-refractivity contribution in [2.24, 2.45) is 0 Å². The molecule has 2 N–H and O–H groups in total. The monoisotopic (exact) mass is 468 g/mol. The van der Waals surface area contributed by atoms with Crippen molar-refractivity contribution in [3.8, 4) is 17.2 Å². The molecule has 0 bridgehead atoms. The van der Waals surface area contributed by atoms with E-state index < -0.39 is 5.60 Å². The summed E-state index contributed by atoms with van der Waals surface area (Å²) in [5.41, 5.74) is 1.41. The van der Waals surface area contributed by atoms with Crippen LogP contribution in [-0.2, 0) is 10.4 Å². The topological polar surface area (TPSA) is 139 Å². The number of nitrogens with one attached hydrogen (secondary N) is 1. The third-order valence-electron chi connectivity index (χ3n) is 6.00. The van der Waals surface area contributed by atoms with Crippen molar-refractivity contribution in [2.45, 2.75) is 12.0 Å². The van der Waals surface area contributed by atoms with Crippen LogP contribution in [-0.4, -0.2) is 68.8 Å². The van der Waals surface area contributed by atoms with Crippen LogP contribution in [0.25, 0.3) is 22.9 Å². The lowest BCUT2D eigenvalue weighted by atomic mass is 9.92. The van der Waals surface area contributed by atoms with Crippen LogP contribution < -0.4 is 5.32 Å². The minimum atomic E-state index is -1.55. The molecule has 1 atom stereocenters. The first-order valence-corrected chi connectivity index (χ1v) is 10.9. The van der Waals surface area contributed by atoms with E-state index in [-0.39, 0.29) is 5.91 Å². The molecule has 5 aromatic heterocycles. The Balaban J connectivity index is 1.27. The van der Waals surface area contributed by atoms with Gasteiger partial charge in [0.2, 0.25) is 5.95 Å². The first kappa shape index (κ1) is 20.9. The Labute approximate surface area is 198 Å². The standard InChI is InChI=1S/C23H20N10O2/c1-31-12-6-23(35,21(31)34)15-3-8-24-17(13-15)16-5-11-32(30-16)19-4-9-26-22(29-19)28-18-14-27-33-10-2-7-25-20(18)33/h2-5,7-11,13-14,35H,6,12H2,1H3,(H,26,28,29). The molecule has 174 valence electrons. The number of aromatic nitrogens is 8. The highest BCUT2D eigenvalue weighted by atomic mass is 16.3. The van der Waals surface area contributed by atoms with Crippen LogP contribution in [0.3, 0.4) is 0 Å². The molecule has 1 aliphatic heterocycles. The average molecular weight is 468 g/mol. The molecule has 1 aliphatic rings. The Hall–Kier alpha value is -4.71. The van der Waals surface area contributed by atoms with E-state index >= 15 is 0 Å². The molecule has 6 heterocycles. The Morgan fingerprint density at radius 3 is 2.80 bits per heavy atom. The number of amides is 1. The summed E-state index contributed by atoms with van der Waals surface area (Å²) in [6.07, 6.45) is 10.4. The smallest absolute Gasteiger partial charge is 0.258 e. The van der Waals surface area contributed by atoms with Crippen LogP contribution in [0.5, 0.6) is 0 Å². The van der Waals surface area contributed by atoms with E-state index in [4.69, 9.17) is 0 Å². The van der Waals surface area contributed by atoms with Gasteiger partial charge in [-0.1, -0.05) is 0 Å². The second-order valence-electron chi connectivity index (χ2n) is 8.22. The zero-order valence-electron chi connectivity index (χ0n) is 18.6. The quantitative estimate of drug-likeness (QED) is 0.393. The number of hydrogen-bond acceptors (Lipinski definition) is 9. The number of pyridine rings is 1. The van der Waals surface area contributed by atoms with E-state index in [1.54, 1.807) is 83.8 Å². The number of fused-ring (bicyclic) bond motifs is 1. The molecule has 5 aromatic rings. The predicted molar refractivity (Wildman–Crippen MR) is 125 cm³/mol. The third kappa shape index (κ3) is 3.56. The minimum Gasteiger partial charge on any atom is -0.375 e. The third-order valence-corrected chi connectivity index (χ3v) is 6.00. The van der Waals surface area contributed by atoms with Gasteiger partial charge in [0.05, 0.1) is 11.9 Å². The average Bonchev–Trinajstić information content (AvgIpc) is 3.61.